The highest BCUT2D eigenvalue weighted by atomic mass is 16.5. The van der Waals surface area contributed by atoms with E-state index >= 15 is 0 Å². The Balaban J connectivity index is 2.10. The van der Waals surface area contributed by atoms with Gasteiger partial charge in [0, 0.05) is 12.2 Å². The number of nitrogens with zero attached hydrogens (tertiary/aromatic N) is 4. The SMILES string of the molecule is CC(C)N(CC(=O)O)Cc1nc(-c2ccccn2)no1. The van der Waals surface area contributed by atoms with Crippen LogP contribution in [0, 0.1) is 0 Å². The zero-order valence-electron chi connectivity index (χ0n) is 11.4. The third kappa shape index (κ3) is 3.61. The van der Waals surface area contributed by atoms with E-state index in [4.69, 9.17) is 9.63 Å². The molecule has 1 N–H and O–H groups in total. The van der Waals surface area contributed by atoms with E-state index in [-0.39, 0.29) is 12.6 Å². The first kappa shape index (κ1) is 14.1. The molecule has 2 rings (SSSR count). The summed E-state index contributed by atoms with van der Waals surface area (Å²) in [7, 11) is 0. The van der Waals surface area contributed by atoms with Crippen LogP contribution in [0.4, 0.5) is 0 Å². The Kier molecular flexibility index (Phi) is 4.41. The molecule has 2 aromatic rings. The standard InChI is InChI=1S/C13H16N4O3/c1-9(2)17(8-12(18)19)7-11-15-13(16-20-11)10-5-3-4-6-14-10/h3-6,9H,7-8H2,1-2H3,(H,18,19). The molecule has 0 radical (unpaired) electrons. The van der Waals surface area contributed by atoms with Crippen LogP contribution in [-0.4, -0.2) is 43.7 Å². The van der Waals surface area contributed by atoms with Crippen molar-refractivity contribution in [2.75, 3.05) is 6.54 Å². The minimum atomic E-state index is -0.886. The van der Waals surface area contributed by atoms with Gasteiger partial charge in [-0.1, -0.05) is 11.2 Å². The summed E-state index contributed by atoms with van der Waals surface area (Å²) in [5, 5.41) is 12.7. The van der Waals surface area contributed by atoms with Crippen LogP contribution in [-0.2, 0) is 11.3 Å². The first-order valence-corrected chi connectivity index (χ1v) is 6.26. The minimum Gasteiger partial charge on any atom is -0.480 e. The maximum absolute atomic E-state index is 10.8. The molecule has 106 valence electrons. The number of rotatable bonds is 6. The summed E-state index contributed by atoms with van der Waals surface area (Å²) in [5.74, 6) is -0.108. The predicted octanol–water partition coefficient (Wildman–Crippen LogP) is 1.43. The van der Waals surface area contributed by atoms with Gasteiger partial charge in [0.05, 0.1) is 13.1 Å². The number of hydrogen-bond donors (Lipinski definition) is 1. The van der Waals surface area contributed by atoms with Crippen molar-refractivity contribution in [1.82, 2.24) is 20.0 Å². The Hall–Kier alpha value is -2.28. The normalized spacial score (nSPS) is 11.2. The van der Waals surface area contributed by atoms with Gasteiger partial charge in [0.1, 0.15) is 5.69 Å². The van der Waals surface area contributed by atoms with E-state index in [1.807, 2.05) is 19.9 Å². The second kappa shape index (κ2) is 6.25. The third-order valence-electron chi connectivity index (χ3n) is 2.77. The fourth-order valence-electron chi connectivity index (χ4n) is 1.69. The Labute approximate surface area is 116 Å². The topological polar surface area (TPSA) is 92.4 Å². The number of aromatic nitrogens is 3. The predicted molar refractivity (Wildman–Crippen MR) is 70.7 cm³/mol. The van der Waals surface area contributed by atoms with E-state index in [1.165, 1.54) is 0 Å². The molecular formula is C13H16N4O3. The second-order valence-electron chi connectivity index (χ2n) is 4.62. The molecule has 20 heavy (non-hydrogen) atoms. The maximum atomic E-state index is 10.8. The summed E-state index contributed by atoms with van der Waals surface area (Å²) in [6.45, 7) is 4.06. The van der Waals surface area contributed by atoms with E-state index in [2.05, 4.69) is 15.1 Å². The van der Waals surface area contributed by atoms with Crippen LogP contribution in [0.15, 0.2) is 28.9 Å². The van der Waals surface area contributed by atoms with Crippen molar-refractivity contribution in [3.63, 3.8) is 0 Å². The molecule has 0 saturated carbocycles. The van der Waals surface area contributed by atoms with Crippen molar-refractivity contribution in [3.05, 3.63) is 30.3 Å². The van der Waals surface area contributed by atoms with Gasteiger partial charge < -0.3 is 9.63 Å². The highest BCUT2D eigenvalue weighted by Gasteiger charge is 2.18. The van der Waals surface area contributed by atoms with Gasteiger partial charge in [0.2, 0.25) is 11.7 Å². The van der Waals surface area contributed by atoms with E-state index in [1.54, 1.807) is 23.2 Å². The van der Waals surface area contributed by atoms with E-state index in [9.17, 15) is 4.79 Å². The van der Waals surface area contributed by atoms with Crippen LogP contribution < -0.4 is 0 Å². The molecule has 0 saturated heterocycles. The zero-order chi connectivity index (χ0) is 14.5. The molecular weight excluding hydrogens is 260 g/mol. The number of pyridine rings is 1. The van der Waals surface area contributed by atoms with Crippen molar-refractivity contribution < 1.29 is 14.4 Å². The summed E-state index contributed by atoms with van der Waals surface area (Å²) in [5.41, 5.74) is 0.622. The van der Waals surface area contributed by atoms with Crippen LogP contribution in [0.25, 0.3) is 11.5 Å². The van der Waals surface area contributed by atoms with Crippen molar-refractivity contribution in [1.29, 1.82) is 0 Å². The molecule has 7 nitrogen and oxygen atoms in total. The molecule has 7 heteroatoms. The lowest BCUT2D eigenvalue weighted by Crippen LogP contribution is -2.35. The van der Waals surface area contributed by atoms with E-state index in [0.717, 1.165) is 0 Å². The van der Waals surface area contributed by atoms with Crippen molar-refractivity contribution in [2.45, 2.75) is 26.4 Å². The lowest BCUT2D eigenvalue weighted by molar-refractivity contribution is -0.139. The molecule has 0 aliphatic rings. The number of carboxylic acid groups (broad SMARTS) is 1. The number of carboxylic acids is 1. The fourth-order valence-corrected chi connectivity index (χ4v) is 1.69. The van der Waals surface area contributed by atoms with Crippen molar-refractivity contribution in [3.8, 4) is 11.5 Å². The third-order valence-corrected chi connectivity index (χ3v) is 2.77. The average Bonchev–Trinajstić information content (AvgIpc) is 2.87. The summed E-state index contributed by atoms with van der Waals surface area (Å²) in [6.07, 6.45) is 1.65. The lowest BCUT2D eigenvalue weighted by Gasteiger charge is -2.22. The largest absolute Gasteiger partial charge is 0.480 e. The summed E-state index contributed by atoms with van der Waals surface area (Å²) in [4.78, 5) is 20.9. The number of hydrogen-bond acceptors (Lipinski definition) is 6. The highest BCUT2D eigenvalue weighted by Crippen LogP contribution is 2.13. The van der Waals surface area contributed by atoms with Gasteiger partial charge in [0.25, 0.3) is 0 Å². The van der Waals surface area contributed by atoms with Gasteiger partial charge in [-0.2, -0.15) is 4.98 Å². The molecule has 0 bridgehead atoms. The minimum absolute atomic E-state index is 0.0660. The van der Waals surface area contributed by atoms with Gasteiger partial charge in [-0.3, -0.25) is 14.7 Å². The molecule has 0 unspecified atom stereocenters. The quantitative estimate of drug-likeness (QED) is 0.853. The van der Waals surface area contributed by atoms with Crippen LogP contribution in [0.1, 0.15) is 19.7 Å². The molecule has 0 aromatic carbocycles. The van der Waals surface area contributed by atoms with Gasteiger partial charge in [0.15, 0.2) is 0 Å². The molecule has 0 aliphatic carbocycles. The Morgan fingerprint density at radius 3 is 2.85 bits per heavy atom. The van der Waals surface area contributed by atoms with Gasteiger partial charge in [-0.15, -0.1) is 0 Å². The van der Waals surface area contributed by atoms with E-state index in [0.29, 0.717) is 24.0 Å². The zero-order valence-corrected chi connectivity index (χ0v) is 11.4. The van der Waals surface area contributed by atoms with Crippen molar-refractivity contribution >= 4 is 5.97 Å². The Bertz CT molecular complexity index is 568. The second-order valence-corrected chi connectivity index (χ2v) is 4.62. The summed E-state index contributed by atoms with van der Waals surface area (Å²) >= 11 is 0. The summed E-state index contributed by atoms with van der Waals surface area (Å²) in [6, 6.07) is 5.49. The van der Waals surface area contributed by atoms with Gasteiger partial charge in [-0.05, 0) is 26.0 Å². The highest BCUT2D eigenvalue weighted by molar-refractivity contribution is 5.69. The molecule has 0 fully saturated rings. The molecule has 0 amide bonds. The smallest absolute Gasteiger partial charge is 0.317 e. The van der Waals surface area contributed by atoms with Crippen LogP contribution in [0.2, 0.25) is 0 Å². The molecule has 0 atom stereocenters. The van der Waals surface area contributed by atoms with Crippen LogP contribution in [0.5, 0.6) is 0 Å². The van der Waals surface area contributed by atoms with Gasteiger partial charge >= 0.3 is 5.97 Å². The van der Waals surface area contributed by atoms with Crippen LogP contribution >= 0.6 is 0 Å². The first-order chi connectivity index (χ1) is 9.56. The molecule has 0 spiro atoms. The maximum Gasteiger partial charge on any atom is 0.317 e. The monoisotopic (exact) mass is 276 g/mol. The Morgan fingerprint density at radius 2 is 2.25 bits per heavy atom. The number of carbonyl (C=O) groups is 1. The number of aliphatic carboxylic acids is 1. The molecule has 2 aromatic heterocycles. The molecule has 2 heterocycles. The average molecular weight is 276 g/mol. The van der Waals surface area contributed by atoms with E-state index < -0.39 is 5.97 Å². The molecule has 0 aliphatic heterocycles. The van der Waals surface area contributed by atoms with Crippen molar-refractivity contribution in [2.24, 2.45) is 0 Å². The Morgan fingerprint density at radius 1 is 1.45 bits per heavy atom. The van der Waals surface area contributed by atoms with Crippen LogP contribution in [0.3, 0.4) is 0 Å². The lowest BCUT2D eigenvalue weighted by atomic mass is 10.3. The fraction of sp³-hybridized carbons (Fsp3) is 0.385. The van der Waals surface area contributed by atoms with Gasteiger partial charge in [-0.25, -0.2) is 0 Å². The summed E-state index contributed by atoms with van der Waals surface area (Å²) < 4.78 is 5.15. The first-order valence-electron chi connectivity index (χ1n) is 6.26.